The summed E-state index contributed by atoms with van der Waals surface area (Å²) in [6.45, 7) is 2.82. The van der Waals surface area contributed by atoms with Gasteiger partial charge in [-0.2, -0.15) is 0 Å². The van der Waals surface area contributed by atoms with Crippen molar-refractivity contribution in [2.24, 2.45) is 0 Å². The van der Waals surface area contributed by atoms with Crippen molar-refractivity contribution in [2.75, 3.05) is 19.7 Å². The first kappa shape index (κ1) is 17.2. The molecule has 0 spiro atoms. The summed E-state index contributed by atoms with van der Waals surface area (Å²) in [6, 6.07) is 14.0. The summed E-state index contributed by atoms with van der Waals surface area (Å²) in [5.74, 6) is 0.282. The quantitative estimate of drug-likeness (QED) is 0.665. The Bertz CT molecular complexity index is 882. The highest BCUT2D eigenvalue weighted by Gasteiger charge is 2.23. The van der Waals surface area contributed by atoms with Gasteiger partial charge in [0.1, 0.15) is 12.1 Å². The Morgan fingerprint density at radius 2 is 1.96 bits per heavy atom. The SMILES string of the molecule is Fc1ccc([C@H]2CN(Cc3coc(-c4ccccc4Cl)n3)CCO2)cc1. The molecule has 4 nitrogen and oxygen atoms in total. The summed E-state index contributed by atoms with van der Waals surface area (Å²) >= 11 is 6.20. The van der Waals surface area contributed by atoms with Crippen LogP contribution >= 0.6 is 11.6 Å². The number of nitrogens with zero attached hydrogens (tertiary/aromatic N) is 2. The van der Waals surface area contributed by atoms with E-state index in [2.05, 4.69) is 9.88 Å². The van der Waals surface area contributed by atoms with Crippen LogP contribution in [0.5, 0.6) is 0 Å². The van der Waals surface area contributed by atoms with E-state index in [-0.39, 0.29) is 11.9 Å². The van der Waals surface area contributed by atoms with E-state index in [1.54, 1.807) is 18.4 Å². The van der Waals surface area contributed by atoms with E-state index in [0.29, 0.717) is 24.1 Å². The van der Waals surface area contributed by atoms with E-state index in [9.17, 15) is 4.39 Å². The van der Waals surface area contributed by atoms with Gasteiger partial charge in [0.25, 0.3) is 0 Å². The standard InChI is InChI=1S/C20H18ClFN2O2/c21-18-4-2-1-3-17(18)20-23-16(13-26-20)11-24-9-10-25-19(12-24)14-5-7-15(22)8-6-14/h1-8,13,19H,9-12H2/t19-/m1/s1. The first-order valence-electron chi connectivity index (χ1n) is 8.48. The minimum absolute atomic E-state index is 0.0701. The fourth-order valence-corrected chi connectivity index (χ4v) is 3.31. The molecule has 2 aromatic carbocycles. The fraction of sp³-hybridized carbons (Fsp3) is 0.250. The number of rotatable bonds is 4. The van der Waals surface area contributed by atoms with E-state index in [0.717, 1.165) is 29.9 Å². The third-order valence-electron chi connectivity index (χ3n) is 4.43. The number of oxazole rings is 1. The zero-order valence-electron chi connectivity index (χ0n) is 14.1. The van der Waals surface area contributed by atoms with Crippen LogP contribution in [-0.4, -0.2) is 29.6 Å². The molecule has 1 saturated heterocycles. The van der Waals surface area contributed by atoms with Crippen molar-refractivity contribution in [3.8, 4) is 11.5 Å². The smallest absolute Gasteiger partial charge is 0.227 e. The summed E-state index contributed by atoms with van der Waals surface area (Å²) < 4.78 is 24.5. The van der Waals surface area contributed by atoms with Gasteiger partial charge in [0.2, 0.25) is 5.89 Å². The lowest BCUT2D eigenvalue weighted by atomic mass is 10.1. The Kier molecular flexibility index (Phi) is 5.02. The minimum atomic E-state index is -0.240. The number of morpholine rings is 1. The van der Waals surface area contributed by atoms with E-state index >= 15 is 0 Å². The van der Waals surface area contributed by atoms with Crippen LogP contribution in [0.15, 0.2) is 59.2 Å². The van der Waals surface area contributed by atoms with Crippen LogP contribution in [0.2, 0.25) is 5.02 Å². The molecule has 0 aliphatic carbocycles. The van der Waals surface area contributed by atoms with Crippen molar-refractivity contribution in [1.82, 2.24) is 9.88 Å². The summed E-state index contributed by atoms with van der Waals surface area (Å²) in [5, 5.41) is 0.614. The molecule has 6 heteroatoms. The molecule has 3 aromatic rings. The molecule has 0 N–H and O–H groups in total. The number of benzene rings is 2. The van der Waals surface area contributed by atoms with E-state index < -0.39 is 0 Å². The van der Waals surface area contributed by atoms with Gasteiger partial charge < -0.3 is 9.15 Å². The van der Waals surface area contributed by atoms with E-state index in [1.807, 2.05) is 24.3 Å². The van der Waals surface area contributed by atoms with Gasteiger partial charge in [-0.15, -0.1) is 0 Å². The highest BCUT2D eigenvalue weighted by Crippen LogP contribution is 2.28. The lowest BCUT2D eigenvalue weighted by molar-refractivity contribution is -0.0333. The van der Waals surface area contributed by atoms with Crippen molar-refractivity contribution in [3.63, 3.8) is 0 Å². The normalized spacial score (nSPS) is 18.2. The minimum Gasteiger partial charge on any atom is -0.444 e. The third kappa shape index (κ3) is 3.80. The zero-order chi connectivity index (χ0) is 17.9. The van der Waals surface area contributed by atoms with Crippen molar-refractivity contribution < 1.29 is 13.5 Å². The highest BCUT2D eigenvalue weighted by molar-refractivity contribution is 6.33. The Morgan fingerprint density at radius 3 is 2.77 bits per heavy atom. The number of hydrogen-bond acceptors (Lipinski definition) is 4. The topological polar surface area (TPSA) is 38.5 Å². The van der Waals surface area contributed by atoms with Gasteiger partial charge in [-0.1, -0.05) is 35.9 Å². The molecule has 1 aliphatic rings. The second-order valence-corrected chi connectivity index (χ2v) is 6.68. The van der Waals surface area contributed by atoms with E-state index in [4.69, 9.17) is 20.8 Å². The van der Waals surface area contributed by atoms with E-state index in [1.165, 1.54) is 12.1 Å². The van der Waals surface area contributed by atoms with Crippen LogP contribution in [0.3, 0.4) is 0 Å². The number of hydrogen-bond donors (Lipinski definition) is 0. The summed E-state index contributed by atoms with van der Waals surface area (Å²) in [4.78, 5) is 6.82. The van der Waals surface area contributed by atoms with Gasteiger partial charge in [0.15, 0.2) is 0 Å². The third-order valence-corrected chi connectivity index (χ3v) is 4.76. The van der Waals surface area contributed by atoms with Crippen molar-refractivity contribution in [1.29, 1.82) is 0 Å². The van der Waals surface area contributed by atoms with Crippen molar-refractivity contribution in [2.45, 2.75) is 12.6 Å². The number of halogens is 2. The predicted octanol–water partition coefficient (Wildman–Crippen LogP) is 4.71. The second kappa shape index (κ2) is 7.58. The molecule has 1 aromatic heterocycles. The van der Waals surface area contributed by atoms with Gasteiger partial charge in [0, 0.05) is 19.6 Å². The summed E-state index contributed by atoms with van der Waals surface area (Å²) in [6.07, 6.45) is 1.60. The van der Waals surface area contributed by atoms with Gasteiger partial charge in [-0.25, -0.2) is 9.37 Å². The fourth-order valence-electron chi connectivity index (χ4n) is 3.09. The van der Waals surface area contributed by atoms with Crippen LogP contribution in [0.1, 0.15) is 17.4 Å². The van der Waals surface area contributed by atoms with Crippen LogP contribution in [-0.2, 0) is 11.3 Å². The average Bonchev–Trinajstić information content (AvgIpc) is 3.11. The molecule has 1 atom stereocenters. The Morgan fingerprint density at radius 1 is 1.15 bits per heavy atom. The zero-order valence-corrected chi connectivity index (χ0v) is 14.8. The number of aromatic nitrogens is 1. The Hall–Kier alpha value is -2.21. The lowest BCUT2D eigenvalue weighted by Crippen LogP contribution is -2.37. The van der Waals surface area contributed by atoms with Crippen LogP contribution < -0.4 is 0 Å². The maximum atomic E-state index is 13.1. The Labute approximate surface area is 156 Å². The summed E-state index contributed by atoms with van der Waals surface area (Å²) in [7, 11) is 0. The second-order valence-electron chi connectivity index (χ2n) is 6.27. The molecule has 26 heavy (non-hydrogen) atoms. The van der Waals surface area contributed by atoms with Gasteiger partial charge >= 0.3 is 0 Å². The van der Waals surface area contributed by atoms with Gasteiger partial charge in [-0.3, -0.25) is 4.90 Å². The predicted molar refractivity (Wildman–Crippen MR) is 97.3 cm³/mol. The molecule has 1 fully saturated rings. The van der Waals surface area contributed by atoms with Gasteiger partial charge in [-0.05, 0) is 29.8 Å². The van der Waals surface area contributed by atoms with Gasteiger partial charge in [0.05, 0.1) is 29.0 Å². The summed E-state index contributed by atoms with van der Waals surface area (Å²) in [5.41, 5.74) is 2.61. The maximum absolute atomic E-state index is 13.1. The largest absolute Gasteiger partial charge is 0.444 e. The molecule has 0 radical (unpaired) electrons. The molecular formula is C20H18ClFN2O2. The monoisotopic (exact) mass is 372 g/mol. The number of ether oxygens (including phenoxy) is 1. The molecule has 0 saturated carbocycles. The first-order chi connectivity index (χ1) is 12.7. The Balaban J connectivity index is 1.44. The van der Waals surface area contributed by atoms with Crippen molar-refractivity contribution in [3.05, 3.63) is 76.9 Å². The molecule has 0 amide bonds. The maximum Gasteiger partial charge on any atom is 0.227 e. The molecule has 4 rings (SSSR count). The molecule has 0 bridgehead atoms. The van der Waals surface area contributed by atoms with Crippen LogP contribution in [0, 0.1) is 5.82 Å². The molecule has 1 aliphatic heterocycles. The van der Waals surface area contributed by atoms with Crippen molar-refractivity contribution >= 4 is 11.6 Å². The highest BCUT2D eigenvalue weighted by atomic mass is 35.5. The lowest BCUT2D eigenvalue weighted by Gasteiger charge is -2.32. The average molecular weight is 373 g/mol. The van der Waals surface area contributed by atoms with Crippen LogP contribution in [0.25, 0.3) is 11.5 Å². The molecule has 2 heterocycles. The molecule has 134 valence electrons. The van der Waals surface area contributed by atoms with Crippen LogP contribution in [0.4, 0.5) is 4.39 Å². The first-order valence-corrected chi connectivity index (χ1v) is 8.85. The molecule has 0 unspecified atom stereocenters. The molecular weight excluding hydrogens is 355 g/mol.